The van der Waals surface area contributed by atoms with Crippen LogP contribution in [0.5, 0.6) is 0 Å². The second kappa shape index (κ2) is 4.60. The van der Waals surface area contributed by atoms with Gasteiger partial charge in [0.25, 0.3) is 0 Å². The number of piperidine rings is 1. The summed E-state index contributed by atoms with van der Waals surface area (Å²) in [5, 5.41) is 12.9. The first-order valence-corrected chi connectivity index (χ1v) is 5.85. The number of aliphatic hydroxyl groups is 1. The zero-order chi connectivity index (χ0) is 9.97. The Morgan fingerprint density at radius 2 is 1.93 bits per heavy atom. The number of nitrogens with zero attached hydrogens (tertiary/aromatic N) is 1. The van der Waals surface area contributed by atoms with Gasteiger partial charge >= 0.3 is 0 Å². The Hall–Kier alpha value is -0.120. The molecule has 82 valence electrons. The molecule has 1 unspecified atom stereocenters. The first kappa shape index (κ1) is 10.4. The van der Waals surface area contributed by atoms with Crippen molar-refractivity contribution in [1.29, 1.82) is 0 Å². The van der Waals surface area contributed by atoms with Crippen molar-refractivity contribution in [2.75, 3.05) is 26.7 Å². The Kier molecular flexibility index (Phi) is 3.42. The molecular weight excluding hydrogens is 176 g/mol. The maximum absolute atomic E-state index is 9.34. The van der Waals surface area contributed by atoms with Crippen molar-refractivity contribution in [2.24, 2.45) is 5.92 Å². The highest BCUT2D eigenvalue weighted by Gasteiger charge is 2.30. The molecule has 2 aliphatic rings. The molecule has 3 nitrogen and oxygen atoms in total. The summed E-state index contributed by atoms with van der Waals surface area (Å²) in [7, 11) is 2.18. The average molecular weight is 198 g/mol. The van der Waals surface area contributed by atoms with Gasteiger partial charge < -0.3 is 15.3 Å². The summed E-state index contributed by atoms with van der Waals surface area (Å²) in [6.45, 7) is 2.69. The van der Waals surface area contributed by atoms with Gasteiger partial charge in [0.1, 0.15) is 0 Å². The number of aliphatic hydroxyl groups excluding tert-OH is 1. The molecule has 2 N–H and O–H groups in total. The Balaban J connectivity index is 1.78. The fourth-order valence-electron chi connectivity index (χ4n) is 2.32. The second-order valence-electron chi connectivity index (χ2n) is 4.87. The number of nitrogens with one attached hydrogen (secondary N) is 1. The van der Waals surface area contributed by atoms with Crippen LogP contribution in [0.2, 0.25) is 0 Å². The van der Waals surface area contributed by atoms with Gasteiger partial charge in [-0.25, -0.2) is 0 Å². The molecule has 0 radical (unpaired) electrons. The molecule has 1 saturated heterocycles. The van der Waals surface area contributed by atoms with E-state index in [1.165, 1.54) is 38.8 Å². The smallest absolute Gasteiger partial charge is 0.0587 e. The predicted octanol–water partition coefficient (Wildman–Crippen LogP) is 0.441. The Morgan fingerprint density at radius 1 is 1.29 bits per heavy atom. The molecule has 0 aromatic heterocycles. The topological polar surface area (TPSA) is 35.5 Å². The van der Waals surface area contributed by atoms with E-state index in [4.69, 9.17) is 0 Å². The van der Waals surface area contributed by atoms with Crippen molar-refractivity contribution in [2.45, 2.75) is 37.8 Å². The summed E-state index contributed by atoms with van der Waals surface area (Å²) < 4.78 is 0. The fourth-order valence-corrected chi connectivity index (χ4v) is 2.32. The van der Waals surface area contributed by atoms with E-state index in [0.717, 1.165) is 0 Å². The molecule has 1 atom stereocenters. The van der Waals surface area contributed by atoms with E-state index in [-0.39, 0.29) is 0 Å². The molecule has 3 heteroatoms. The van der Waals surface area contributed by atoms with Crippen LogP contribution < -0.4 is 5.32 Å². The quantitative estimate of drug-likeness (QED) is 0.688. The Labute approximate surface area is 86.5 Å². The maximum atomic E-state index is 9.34. The third-order valence-electron chi connectivity index (χ3n) is 3.56. The van der Waals surface area contributed by atoms with Crippen LogP contribution in [0.15, 0.2) is 0 Å². The third-order valence-corrected chi connectivity index (χ3v) is 3.56. The van der Waals surface area contributed by atoms with Crippen LogP contribution in [-0.4, -0.2) is 48.8 Å². The summed E-state index contributed by atoms with van der Waals surface area (Å²) >= 11 is 0. The van der Waals surface area contributed by atoms with Crippen molar-refractivity contribution in [3.63, 3.8) is 0 Å². The van der Waals surface area contributed by atoms with Crippen molar-refractivity contribution >= 4 is 0 Å². The molecule has 2 rings (SSSR count). The minimum atomic E-state index is 0.310. The lowest BCUT2D eigenvalue weighted by atomic mass is 9.90. The maximum Gasteiger partial charge on any atom is 0.0587 e. The van der Waals surface area contributed by atoms with E-state index in [0.29, 0.717) is 24.6 Å². The summed E-state index contributed by atoms with van der Waals surface area (Å²) in [4.78, 5) is 2.38. The minimum Gasteiger partial charge on any atom is -0.395 e. The van der Waals surface area contributed by atoms with Gasteiger partial charge in [0.15, 0.2) is 0 Å². The monoisotopic (exact) mass is 198 g/mol. The summed E-state index contributed by atoms with van der Waals surface area (Å²) in [6, 6.07) is 1.07. The van der Waals surface area contributed by atoms with Crippen LogP contribution in [0, 0.1) is 5.92 Å². The van der Waals surface area contributed by atoms with Crippen LogP contribution in [0.4, 0.5) is 0 Å². The molecule has 0 aromatic carbocycles. The highest BCUT2D eigenvalue weighted by atomic mass is 16.3. The highest BCUT2D eigenvalue weighted by Crippen LogP contribution is 2.25. The molecule has 1 aliphatic carbocycles. The van der Waals surface area contributed by atoms with Crippen molar-refractivity contribution < 1.29 is 5.11 Å². The standard InChI is InChI=1S/C11H22N2O/c1-13-6-4-9(5-7-13)11(8-14)12-10-2-3-10/h9-12,14H,2-8H2,1H3. The van der Waals surface area contributed by atoms with Gasteiger partial charge in [-0.2, -0.15) is 0 Å². The van der Waals surface area contributed by atoms with Crippen molar-refractivity contribution in [3.8, 4) is 0 Å². The van der Waals surface area contributed by atoms with Gasteiger partial charge in [-0.15, -0.1) is 0 Å². The summed E-state index contributed by atoms with van der Waals surface area (Å²) in [6.07, 6.45) is 5.09. The number of rotatable bonds is 4. The third kappa shape index (κ3) is 2.69. The average Bonchev–Trinajstić information content (AvgIpc) is 3.00. The molecule has 0 spiro atoms. The Morgan fingerprint density at radius 3 is 2.43 bits per heavy atom. The lowest BCUT2D eigenvalue weighted by Gasteiger charge is -2.34. The van der Waals surface area contributed by atoms with Gasteiger partial charge in [-0.1, -0.05) is 0 Å². The Bertz CT molecular complexity index is 174. The van der Waals surface area contributed by atoms with E-state index in [1.54, 1.807) is 0 Å². The highest BCUT2D eigenvalue weighted by molar-refractivity contribution is 4.89. The second-order valence-corrected chi connectivity index (χ2v) is 4.87. The lowest BCUT2D eigenvalue weighted by Crippen LogP contribution is -2.45. The van der Waals surface area contributed by atoms with Crippen LogP contribution in [0.1, 0.15) is 25.7 Å². The van der Waals surface area contributed by atoms with Crippen LogP contribution in [-0.2, 0) is 0 Å². The zero-order valence-electron chi connectivity index (χ0n) is 9.08. The zero-order valence-corrected chi connectivity index (χ0v) is 9.08. The first-order chi connectivity index (χ1) is 6.79. The van der Waals surface area contributed by atoms with E-state index >= 15 is 0 Å². The van der Waals surface area contributed by atoms with Crippen LogP contribution in [0.25, 0.3) is 0 Å². The minimum absolute atomic E-state index is 0.310. The molecule has 0 aromatic rings. The molecule has 14 heavy (non-hydrogen) atoms. The van der Waals surface area contributed by atoms with Gasteiger partial charge in [0.05, 0.1) is 6.61 Å². The van der Waals surface area contributed by atoms with E-state index in [9.17, 15) is 5.11 Å². The van der Waals surface area contributed by atoms with Gasteiger partial charge in [-0.05, 0) is 51.7 Å². The van der Waals surface area contributed by atoms with Gasteiger partial charge in [0, 0.05) is 12.1 Å². The van der Waals surface area contributed by atoms with Gasteiger partial charge in [-0.3, -0.25) is 0 Å². The summed E-state index contributed by atoms with van der Waals surface area (Å²) in [5.74, 6) is 0.691. The number of hydrogen-bond acceptors (Lipinski definition) is 3. The van der Waals surface area contributed by atoms with Crippen LogP contribution >= 0.6 is 0 Å². The summed E-state index contributed by atoms with van der Waals surface area (Å²) in [5.41, 5.74) is 0. The fraction of sp³-hybridized carbons (Fsp3) is 1.00. The largest absolute Gasteiger partial charge is 0.395 e. The lowest BCUT2D eigenvalue weighted by molar-refractivity contribution is 0.138. The van der Waals surface area contributed by atoms with E-state index in [2.05, 4.69) is 17.3 Å². The molecular formula is C11H22N2O. The molecule has 1 aliphatic heterocycles. The van der Waals surface area contributed by atoms with E-state index in [1.807, 2.05) is 0 Å². The number of likely N-dealkylation sites (tertiary alicyclic amines) is 1. The number of hydrogen-bond donors (Lipinski definition) is 2. The normalized spacial score (nSPS) is 27.9. The van der Waals surface area contributed by atoms with E-state index < -0.39 is 0 Å². The molecule has 1 heterocycles. The predicted molar refractivity (Wildman–Crippen MR) is 57.3 cm³/mol. The molecule has 0 amide bonds. The van der Waals surface area contributed by atoms with Gasteiger partial charge in [0.2, 0.25) is 0 Å². The first-order valence-electron chi connectivity index (χ1n) is 5.85. The molecule has 1 saturated carbocycles. The van der Waals surface area contributed by atoms with Crippen molar-refractivity contribution in [3.05, 3.63) is 0 Å². The molecule has 2 fully saturated rings. The van der Waals surface area contributed by atoms with Crippen molar-refractivity contribution in [1.82, 2.24) is 10.2 Å². The van der Waals surface area contributed by atoms with Crippen LogP contribution in [0.3, 0.4) is 0 Å². The molecule has 0 bridgehead atoms. The SMILES string of the molecule is CN1CCC(C(CO)NC2CC2)CC1.